The largest absolute Gasteiger partial charge is 0.446 e. The van der Waals surface area contributed by atoms with Crippen LogP contribution in [0.15, 0.2) is 45.9 Å². The first-order valence-electron chi connectivity index (χ1n) is 6.07. The van der Waals surface area contributed by atoms with E-state index < -0.39 is 10.0 Å². The molecule has 0 atom stereocenters. The van der Waals surface area contributed by atoms with Gasteiger partial charge in [-0.2, -0.15) is 0 Å². The highest BCUT2D eigenvalue weighted by atomic mass is 32.2. The number of rotatable bonds is 5. The van der Waals surface area contributed by atoms with E-state index in [9.17, 15) is 13.2 Å². The topological polar surface area (TPSA) is 114 Å². The molecule has 7 nitrogen and oxygen atoms in total. The molecule has 8 heteroatoms. The van der Waals surface area contributed by atoms with Crippen LogP contribution in [0.2, 0.25) is 0 Å². The Hall–Kier alpha value is -2.32. The SMILES string of the molecule is CNC(=O)c1ccc(NCc2ccc(S(N)(=O)=O)o2)cc1. The van der Waals surface area contributed by atoms with Gasteiger partial charge in [-0.15, -0.1) is 0 Å². The molecule has 2 rings (SSSR count). The number of carbonyl (C=O) groups is 1. The number of hydrogen-bond donors (Lipinski definition) is 3. The Labute approximate surface area is 122 Å². The van der Waals surface area contributed by atoms with E-state index in [2.05, 4.69) is 10.6 Å². The third-order valence-corrected chi connectivity index (χ3v) is 3.54. The summed E-state index contributed by atoms with van der Waals surface area (Å²) in [5.74, 6) is 0.278. The van der Waals surface area contributed by atoms with Gasteiger partial charge in [-0.25, -0.2) is 13.6 Å². The molecule has 21 heavy (non-hydrogen) atoms. The maximum absolute atomic E-state index is 11.4. The van der Waals surface area contributed by atoms with Crippen molar-refractivity contribution in [2.75, 3.05) is 12.4 Å². The smallest absolute Gasteiger partial charge is 0.271 e. The second kappa shape index (κ2) is 5.98. The summed E-state index contributed by atoms with van der Waals surface area (Å²) in [6.07, 6.45) is 0. The summed E-state index contributed by atoms with van der Waals surface area (Å²) in [6.45, 7) is 0.300. The second-order valence-corrected chi connectivity index (χ2v) is 5.77. The molecule has 112 valence electrons. The fraction of sp³-hybridized carbons (Fsp3) is 0.154. The third-order valence-electron chi connectivity index (χ3n) is 2.76. The first kappa shape index (κ1) is 15.1. The molecule has 0 spiro atoms. The molecule has 0 aliphatic heterocycles. The van der Waals surface area contributed by atoms with Crippen molar-refractivity contribution in [1.29, 1.82) is 0 Å². The van der Waals surface area contributed by atoms with Crippen LogP contribution in [0.5, 0.6) is 0 Å². The van der Waals surface area contributed by atoms with Crippen LogP contribution in [0.3, 0.4) is 0 Å². The summed E-state index contributed by atoms with van der Waals surface area (Å²) in [7, 11) is -2.26. The lowest BCUT2D eigenvalue weighted by atomic mass is 10.2. The molecule has 0 radical (unpaired) electrons. The normalized spacial score (nSPS) is 11.1. The van der Waals surface area contributed by atoms with E-state index in [-0.39, 0.29) is 11.0 Å². The molecule has 4 N–H and O–H groups in total. The molecule has 1 heterocycles. The molecule has 0 saturated carbocycles. The number of sulfonamides is 1. The van der Waals surface area contributed by atoms with Crippen LogP contribution < -0.4 is 15.8 Å². The first-order chi connectivity index (χ1) is 9.90. The Morgan fingerprint density at radius 2 is 1.86 bits per heavy atom. The lowest BCUT2D eigenvalue weighted by Crippen LogP contribution is -2.17. The van der Waals surface area contributed by atoms with Gasteiger partial charge in [0.1, 0.15) is 5.76 Å². The number of primary sulfonamides is 1. The molecular formula is C13H15N3O4S. The molecule has 1 aromatic carbocycles. The van der Waals surface area contributed by atoms with E-state index in [1.54, 1.807) is 31.3 Å². The van der Waals surface area contributed by atoms with Gasteiger partial charge in [0, 0.05) is 18.3 Å². The lowest BCUT2D eigenvalue weighted by molar-refractivity contribution is 0.0963. The molecule has 0 aliphatic rings. The molecule has 1 amide bonds. The minimum absolute atomic E-state index is 0.162. The maximum Gasteiger partial charge on any atom is 0.271 e. The van der Waals surface area contributed by atoms with Gasteiger partial charge in [0.25, 0.3) is 15.9 Å². The van der Waals surface area contributed by atoms with Gasteiger partial charge in [-0.3, -0.25) is 4.79 Å². The van der Waals surface area contributed by atoms with Crippen LogP contribution in [0.4, 0.5) is 5.69 Å². The molecule has 0 aliphatic carbocycles. The number of furan rings is 1. The fourth-order valence-electron chi connectivity index (χ4n) is 1.68. The Bertz CT molecular complexity index is 735. The van der Waals surface area contributed by atoms with Crippen LogP contribution in [0, 0.1) is 0 Å². The van der Waals surface area contributed by atoms with Crippen LogP contribution in [-0.2, 0) is 16.6 Å². The minimum atomic E-state index is -3.82. The number of nitrogens with two attached hydrogens (primary N) is 1. The van der Waals surface area contributed by atoms with Gasteiger partial charge >= 0.3 is 0 Å². The Balaban J connectivity index is 2.00. The van der Waals surface area contributed by atoms with E-state index in [1.807, 2.05) is 0 Å². The molecule has 2 aromatic rings. The minimum Gasteiger partial charge on any atom is -0.446 e. The molecule has 0 unspecified atom stereocenters. The van der Waals surface area contributed by atoms with Crippen LogP contribution >= 0.6 is 0 Å². The van der Waals surface area contributed by atoms with E-state index in [4.69, 9.17) is 9.56 Å². The maximum atomic E-state index is 11.4. The molecular weight excluding hydrogens is 294 g/mol. The van der Waals surface area contributed by atoms with E-state index in [0.717, 1.165) is 5.69 Å². The zero-order valence-corrected chi connectivity index (χ0v) is 12.1. The van der Waals surface area contributed by atoms with Crippen molar-refractivity contribution in [1.82, 2.24) is 5.32 Å². The first-order valence-corrected chi connectivity index (χ1v) is 7.62. The van der Waals surface area contributed by atoms with Gasteiger partial charge in [0.05, 0.1) is 6.54 Å². The summed E-state index contributed by atoms with van der Waals surface area (Å²) >= 11 is 0. The van der Waals surface area contributed by atoms with Crippen molar-refractivity contribution in [3.8, 4) is 0 Å². The monoisotopic (exact) mass is 309 g/mol. The van der Waals surface area contributed by atoms with E-state index in [0.29, 0.717) is 17.9 Å². The summed E-state index contributed by atoms with van der Waals surface area (Å²) in [6, 6.07) is 9.69. The second-order valence-electron chi connectivity index (χ2n) is 4.28. The van der Waals surface area contributed by atoms with Crippen molar-refractivity contribution in [3.63, 3.8) is 0 Å². The zero-order chi connectivity index (χ0) is 15.5. The molecule has 0 bridgehead atoms. The van der Waals surface area contributed by atoms with Gasteiger partial charge in [-0.1, -0.05) is 0 Å². The number of amides is 1. The van der Waals surface area contributed by atoms with Crippen LogP contribution in [0.1, 0.15) is 16.1 Å². The average Bonchev–Trinajstić information content (AvgIpc) is 2.94. The standard InChI is InChI=1S/C13H15N3O4S/c1-15-13(17)9-2-4-10(5-3-9)16-8-11-6-7-12(20-11)21(14,18)19/h2-7,16H,8H2,1H3,(H,15,17)(H2,14,18,19). The number of carbonyl (C=O) groups excluding carboxylic acids is 1. The van der Waals surface area contributed by atoms with Gasteiger partial charge < -0.3 is 15.1 Å². The average molecular weight is 309 g/mol. The summed E-state index contributed by atoms with van der Waals surface area (Å²) < 4.78 is 27.3. The highest BCUT2D eigenvalue weighted by Crippen LogP contribution is 2.15. The summed E-state index contributed by atoms with van der Waals surface area (Å²) in [5.41, 5.74) is 1.33. The number of hydrogen-bond acceptors (Lipinski definition) is 5. The van der Waals surface area contributed by atoms with E-state index >= 15 is 0 Å². The van der Waals surface area contributed by atoms with Crippen molar-refractivity contribution < 1.29 is 17.6 Å². The molecule has 1 aromatic heterocycles. The van der Waals surface area contributed by atoms with Crippen LogP contribution in [0.25, 0.3) is 0 Å². The quantitative estimate of drug-likeness (QED) is 0.759. The van der Waals surface area contributed by atoms with Gasteiger partial charge in [0.2, 0.25) is 5.09 Å². The number of nitrogens with one attached hydrogen (secondary N) is 2. The van der Waals surface area contributed by atoms with Crippen molar-refractivity contribution in [2.24, 2.45) is 5.14 Å². The molecule has 0 saturated heterocycles. The van der Waals surface area contributed by atoms with Gasteiger partial charge in [-0.05, 0) is 36.4 Å². The Morgan fingerprint density at radius 3 is 2.38 bits per heavy atom. The highest BCUT2D eigenvalue weighted by Gasteiger charge is 2.13. The fourth-order valence-corrected chi connectivity index (χ4v) is 2.16. The third kappa shape index (κ3) is 3.83. The molecule has 0 fully saturated rings. The Morgan fingerprint density at radius 1 is 1.19 bits per heavy atom. The predicted molar refractivity (Wildman–Crippen MR) is 77.2 cm³/mol. The van der Waals surface area contributed by atoms with Crippen molar-refractivity contribution in [2.45, 2.75) is 11.6 Å². The van der Waals surface area contributed by atoms with Crippen LogP contribution in [-0.4, -0.2) is 21.4 Å². The lowest BCUT2D eigenvalue weighted by Gasteiger charge is -2.05. The predicted octanol–water partition coefficient (Wildman–Crippen LogP) is 0.899. The zero-order valence-electron chi connectivity index (χ0n) is 11.3. The summed E-state index contributed by atoms with van der Waals surface area (Å²) in [4.78, 5) is 11.4. The number of anilines is 1. The van der Waals surface area contributed by atoms with Crippen molar-refractivity contribution >= 4 is 21.6 Å². The highest BCUT2D eigenvalue weighted by molar-refractivity contribution is 7.89. The van der Waals surface area contributed by atoms with Gasteiger partial charge in [0.15, 0.2) is 0 Å². The Kier molecular flexibility index (Phi) is 4.29. The number of benzene rings is 1. The van der Waals surface area contributed by atoms with E-state index in [1.165, 1.54) is 12.1 Å². The van der Waals surface area contributed by atoms with Crippen molar-refractivity contribution in [3.05, 3.63) is 47.7 Å². The summed E-state index contributed by atoms with van der Waals surface area (Å²) in [5, 5.41) is 10.3.